The molecule has 0 aliphatic carbocycles. The summed E-state index contributed by atoms with van der Waals surface area (Å²) in [7, 11) is 1.31. The van der Waals surface area contributed by atoms with Gasteiger partial charge in [0.1, 0.15) is 4.88 Å². The fraction of sp³-hybridized carbons (Fsp3) is 0.214. The van der Waals surface area contributed by atoms with Crippen LogP contribution in [0.2, 0.25) is 0 Å². The first-order chi connectivity index (χ1) is 9.70. The van der Waals surface area contributed by atoms with Gasteiger partial charge in [0, 0.05) is 24.9 Å². The summed E-state index contributed by atoms with van der Waals surface area (Å²) in [5.74, 6) is -0.622. The van der Waals surface area contributed by atoms with Gasteiger partial charge in [-0.05, 0) is 24.3 Å². The highest BCUT2D eigenvalue weighted by Crippen LogP contribution is 2.17. The fourth-order valence-electron chi connectivity index (χ4n) is 1.61. The highest BCUT2D eigenvalue weighted by Gasteiger charge is 2.13. The molecule has 104 valence electrons. The molecular weight excluding hydrogens is 276 g/mol. The molecule has 0 aromatic carbocycles. The van der Waals surface area contributed by atoms with E-state index in [1.54, 1.807) is 18.3 Å². The number of thiophene rings is 1. The molecule has 2 rings (SSSR count). The summed E-state index contributed by atoms with van der Waals surface area (Å²) < 4.78 is 4.60. The number of rotatable bonds is 5. The van der Waals surface area contributed by atoms with Crippen molar-refractivity contribution >= 4 is 23.2 Å². The Bertz CT molecular complexity index is 595. The van der Waals surface area contributed by atoms with Crippen LogP contribution in [0.25, 0.3) is 0 Å². The van der Waals surface area contributed by atoms with E-state index in [1.807, 2.05) is 18.2 Å². The van der Waals surface area contributed by atoms with Crippen molar-refractivity contribution in [2.24, 2.45) is 0 Å². The molecule has 0 saturated heterocycles. The predicted octanol–water partition coefficient (Wildman–Crippen LogP) is 1.90. The van der Waals surface area contributed by atoms with Gasteiger partial charge in [-0.3, -0.25) is 9.78 Å². The topological polar surface area (TPSA) is 68.3 Å². The molecule has 0 fully saturated rings. The third-order valence-electron chi connectivity index (χ3n) is 2.61. The zero-order valence-electron chi connectivity index (χ0n) is 11.0. The second kappa shape index (κ2) is 6.81. The van der Waals surface area contributed by atoms with Crippen molar-refractivity contribution in [3.63, 3.8) is 0 Å². The zero-order valence-corrected chi connectivity index (χ0v) is 11.8. The van der Waals surface area contributed by atoms with Gasteiger partial charge in [-0.2, -0.15) is 0 Å². The van der Waals surface area contributed by atoms with Crippen molar-refractivity contribution in [2.75, 3.05) is 13.7 Å². The van der Waals surface area contributed by atoms with Crippen LogP contribution < -0.4 is 5.32 Å². The largest absolute Gasteiger partial charge is 0.465 e. The maximum absolute atomic E-state index is 11.9. The number of nitrogens with zero attached hydrogens (tertiary/aromatic N) is 1. The van der Waals surface area contributed by atoms with Gasteiger partial charge in [-0.25, -0.2) is 4.79 Å². The van der Waals surface area contributed by atoms with Crippen LogP contribution in [0.1, 0.15) is 25.0 Å². The number of pyridine rings is 1. The van der Waals surface area contributed by atoms with Gasteiger partial charge in [0.2, 0.25) is 0 Å². The van der Waals surface area contributed by atoms with Crippen LogP contribution >= 0.6 is 11.3 Å². The Morgan fingerprint density at radius 1 is 1.25 bits per heavy atom. The molecule has 0 radical (unpaired) electrons. The van der Waals surface area contributed by atoms with Gasteiger partial charge >= 0.3 is 5.97 Å². The maximum atomic E-state index is 11.9. The van der Waals surface area contributed by atoms with E-state index in [1.165, 1.54) is 7.11 Å². The molecule has 2 heterocycles. The SMILES string of the molecule is COC(=O)c1ccc(C(=O)NCCc2ccccn2)s1. The molecule has 20 heavy (non-hydrogen) atoms. The van der Waals surface area contributed by atoms with E-state index >= 15 is 0 Å². The van der Waals surface area contributed by atoms with Gasteiger partial charge < -0.3 is 10.1 Å². The number of esters is 1. The summed E-state index contributed by atoms with van der Waals surface area (Å²) in [5.41, 5.74) is 0.925. The lowest BCUT2D eigenvalue weighted by Gasteiger charge is -2.02. The van der Waals surface area contributed by atoms with Gasteiger partial charge in [-0.1, -0.05) is 6.07 Å². The molecule has 1 amide bonds. The molecule has 0 atom stereocenters. The summed E-state index contributed by atoms with van der Waals surface area (Å²) in [6.07, 6.45) is 2.39. The monoisotopic (exact) mass is 290 g/mol. The highest BCUT2D eigenvalue weighted by atomic mass is 32.1. The first-order valence-electron chi connectivity index (χ1n) is 6.07. The van der Waals surface area contributed by atoms with Crippen LogP contribution in [0.5, 0.6) is 0 Å². The second-order valence-electron chi connectivity index (χ2n) is 3.98. The van der Waals surface area contributed by atoms with Crippen LogP contribution in [-0.4, -0.2) is 30.5 Å². The molecule has 0 bridgehead atoms. The number of amides is 1. The number of hydrogen-bond donors (Lipinski definition) is 1. The average molecular weight is 290 g/mol. The summed E-state index contributed by atoms with van der Waals surface area (Å²) in [6, 6.07) is 8.87. The van der Waals surface area contributed by atoms with Crippen molar-refractivity contribution < 1.29 is 14.3 Å². The fourth-order valence-corrected chi connectivity index (χ4v) is 2.45. The number of ether oxygens (including phenoxy) is 1. The molecule has 2 aromatic heterocycles. The number of carbonyl (C=O) groups excluding carboxylic acids is 2. The quantitative estimate of drug-likeness (QED) is 0.854. The molecule has 0 aliphatic heterocycles. The first kappa shape index (κ1) is 14.2. The van der Waals surface area contributed by atoms with Gasteiger partial charge in [0.05, 0.1) is 12.0 Å². The van der Waals surface area contributed by atoms with E-state index in [0.29, 0.717) is 22.7 Å². The molecule has 1 N–H and O–H groups in total. The van der Waals surface area contributed by atoms with Crippen LogP contribution in [0.15, 0.2) is 36.5 Å². The van der Waals surface area contributed by atoms with Crippen LogP contribution in [0.4, 0.5) is 0 Å². The molecule has 0 spiro atoms. The first-order valence-corrected chi connectivity index (χ1v) is 6.88. The van der Waals surface area contributed by atoms with E-state index in [2.05, 4.69) is 15.0 Å². The summed E-state index contributed by atoms with van der Waals surface area (Å²) >= 11 is 1.12. The Labute approximate surface area is 120 Å². The number of aromatic nitrogens is 1. The Morgan fingerprint density at radius 3 is 2.75 bits per heavy atom. The van der Waals surface area contributed by atoms with Gasteiger partial charge in [0.25, 0.3) is 5.91 Å². The van der Waals surface area contributed by atoms with E-state index in [-0.39, 0.29) is 5.91 Å². The number of nitrogens with one attached hydrogen (secondary N) is 1. The Balaban J connectivity index is 1.86. The smallest absolute Gasteiger partial charge is 0.348 e. The standard InChI is InChI=1S/C14H14N2O3S/c1-19-14(18)12-6-5-11(20-12)13(17)16-9-7-10-4-2-3-8-15-10/h2-6,8H,7,9H2,1H3,(H,16,17). The summed E-state index contributed by atoms with van der Waals surface area (Å²) in [6.45, 7) is 0.501. The number of methoxy groups -OCH3 is 1. The second-order valence-corrected chi connectivity index (χ2v) is 5.07. The van der Waals surface area contributed by atoms with Crippen LogP contribution in [-0.2, 0) is 11.2 Å². The van der Waals surface area contributed by atoms with Crippen LogP contribution in [0, 0.1) is 0 Å². The highest BCUT2D eigenvalue weighted by molar-refractivity contribution is 7.15. The van der Waals surface area contributed by atoms with Crippen molar-refractivity contribution in [3.8, 4) is 0 Å². The molecule has 0 aliphatic rings. The minimum atomic E-state index is -0.428. The van der Waals surface area contributed by atoms with Crippen molar-refractivity contribution in [2.45, 2.75) is 6.42 Å². The molecule has 0 saturated carbocycles. The molecule has 2 aromatic rings. The predicted molar refractivity (Wildman–Crippen MR) is 75.9 cm³/mol. The number of carbonyl (C=O) groups is 2. The van der Waals surface area contributed by atoms with E-state index in [4.69, 9.17) is 0 Å². The average Bonchev–Trinajstić information content (AvgIpc) is 2.97. The molecule has 6 heteroatoms. The van der Waals surface area contributed by atoms with Gasteiger partial charge in [-0.15, -0.1) is 11.3 Å². The minimum Gasteiger partial charge on any atom is -0.465 e. The van der Waals surface area contributed by atoms with E-state index in [0.717, 1.165) is 17.0 Å². The van der Waals surface area contributed by atoms with Crippen molar-refractivity contribution in [1.29, 1.82) is 0 Å². The lowest BCUT2D eigenvalue weighted by Crippen LogP contribution is -2.25. The molecule has 5 nitrogen and oxygen atoms in total. The van der Waals surface area contributed by atoms with Crippen molar-refractivity contribution in [1.82, 2.24) is 10.3 Å². The zero-order chi connectivity index (χ0) is 14.4. The van der Waals surface area contributed by atoms with E-state index < -0.39 is 5.97 Å². The van der Waals surface area contributed by atoms with Crippen LogP contribution in [0.3, 0.4) is 0 Å². The third kappa shape index (κ3) is 3.64. The lowest BCUT2D eigenvalue weighted by molar-refractivity contribution is 0.0606. The number of hydrogen-bond acceptors (Lipinski definition) is 5. The Hall–Kier alpha value is -2.21. The van der Waals surface area contributed by atoms with Crippen molar-refractivity contribution in [3.05, 3.63) is 52.0 Å². The summed E-state index contributed by atoms with van der Waals surface area (Å²) in [4.78, 5) is 28.3. The third-order valence-corrected chi connectivity index (χ3v) is 3.67. The normalized spacial score (nSPS) is 10.1. The Morgan fingerprint density at radius 2 is 2.05 bits per heavy atom. The summed E-state index contributed by atoms with van der Waals surface area (Å²) in [5, 5.41) is 2.80. The van der Waals surface area contributed by atoms with Gasteiger partial charge in [0.15, 0.2) is 0 Å². The molecular formula is C14H14N2O3S. The maximum Gasteiger partial charge on any atom is 0.348 e. The lowest BCUT2D eigenvalue weighted by atomic mass is 10.2. The minimum absolute atomic E-state index is 0.193. The molecule has 0 unspecified atom stereocenters. The Kier molecular flexibility index (Phi) is 4.84. The van der Waals surface area contributed by atoms with E-state index in [9.17, 15) is 9.59 Å².